The highest BCUT2D eigenvalue weighted by Gasteiger charge is 2.16. The molecular formula is C14H22O3. The first-order chi connectivity index (χ1) is 7.91. The van der Waals surface area contributed by atoms with Crippen LogP contribution < -0.4 is 9.47 Å². The van der Waals surface area contributed by atoms with Gasteiger partial charge >= 0.3 is 0 Å². The molecule has 0 heterocycles. The molecule has 0 aromatic heterocycles. The van der Waals surface area contributed by atoms with Crippen molar-refractivity contribution in [3.05, 3.63) is 23.3 Å². The van der Waals surface area contributed by atoms with E-state index in [2.05, 4.69) is 20.8 Å². The Kier molecular flexibility index (Phi) is 4.40. The first-order valence-electron chi connectivity index (χ1n) is 5.76. The van der Waals surface area contributed by atoms with Crippen molar-refractivity contribution in [2.24, 2.45) is 5.41 Å². The first-order valence-corrected chi connectivity index (χ1v) is 5.76. The maximum absolute atomic E-state index is 9.36. The third kappa shape index (κ3) is 3.63. The van der Waals surface area contributed by atoms with Crippen LogP contribution in [0.4, 0.5) is 0 Å². The second-order valence-electron chi connectivity index (χ2n) is 5.39. The van der Waals surface area contributed by atoms with Gasteiger partial charge in [-0.3, -0.25) is 0 Å². The van der Waals surface area contributed by atoms with Gasteiger partial charge in [-0.2, -0.15) is 0 Å². The Labute approximate surface area is 103 Å². The molecule has 0 amide bonds. The summed E-state index contributed by atoms with van der Waals surface area (Å²) in [5.74, 6) is 1.30. The van der Waals surface area contributed by atoms with Gasteiger partial charge < -0.3 is 14.6 Å². The zero-order chi connectivity index (χ0) is 13.1. The largest absolute Gasteiger partial charge is 0.493 e. The van der Waals surface area contributed by atoms with E-state index in [1.54, 1.807) is 14.2 Å². The molecule has 3 nitrogen and oxygen atoms in total. The van der Waals surface area contributed by atoms with Gasteiger partial charge in [0.05, 0.1) is 20.8 Å². The van der Waals surface area contributed by atoms with Crippen LogP contribution in [0.1, 0.15) is 31.9 Å². The zero-order valence-corrected chi connectivity index (χ0v) is 11.3. The Morgan fingerprint density at radius 1 is 1.12 bits per heavy atom. The highest BCUT2D eigenvalue weighted by atomic mass is 16.5. The zero-order valence-electron chi connectivity index (χ0n) is 11.3. The number of aliphatic hydroxyl groups excluding tert-OH is 1. The molecule has 17 heavy (non-hydrogen) atoms. The van der Waals surface area contributed by atoms with Crippen molar-refractivity contribution in [3.8, 4) is 11.5 Å². The fraction of sp³-hybridized carbons (Fsp3) is 0.571. The molecule has 1 aromatic rings. The van der Waals surface area contributed by atoms with Crippen LogP contribution in [0.3, 0.4) is 0 Å². The van der Waals surface area contributed by atoms with Gasteiger partial charge in [0, 0.05) is 5.56 Å². The van der Waals surface area contributed by atoms with Crippen molar-refractivity contribution >= 4 is 0 Å². The maximum atomic E-state index is 9.36. The van der Waals surface area contributed by atoms with Gasteiger partial charge in [0.25, 0.3) is 0 Å². The SMILES string of the molecule is COc1cc(CC(C)(C)C)cc(CO)c1OC. The molecule has 0 aliphatic rings. The number of methoxy groups -OCH3 is 2. The van der Waals surface area contributed by atoms with Crippen molar-refractivity contribution in [1.82, 2.24) is 0 Å². The summed E-state index contributed by atoms with van der Waals surface area (Å²) < 4.78 is 10.6. The lowest BCUT2D eigenvalue weighted by Crippen LogP contribution is -2.10. The average Bonchev–Trinajstić information content (AvgIpc) is 2.25. The molecule has 0 saturated carbocycles. The summed E-state index contributed by atoms with van der Waals surface area (Å²) in [6.45, 7) is 6.50. The third-order valence-corrected chi connectivity index (χ3v) is 2.52. The third-order valence-electron chi connectivity index (χ3n) is 2.52. The molecule has 1 rings (SSSR count). The summed E-state index contributed by atoms with van der Waals surface area (Å²) in [6, 6.07) is 3.95. The van der Waals surface area contributed by atoms with Gasteiger partial charge in [-0.1, -0.05) is 20.8 Å². The molecule has 0 saturated heterocycles. The van der Waals surface area contributed by atoms with Gasteiger partial charge in [0.1, 0.15) is 0 Å². The molecule has 0 bridgehead atoms. The summed E-state index contributed by atoms with van der Waals surface area (Å²) in [5, 5.41) is 9.36. The summed E-state index contributed by atoms with van der Waals surface area (Å²) in [5.41, 5.74) is 2.12. The predicted molar refractivity (Wildman–Crippen MR) is 68.6 cm³/mol. The van der Waals surface area contributed by atoms with Crippen molar-refractivity contribution < 1.29 is 14.6 Å². The molecule has 0 aliphatic carbocycles. The van der Waals surface area contributed by atoms with Gasteiger partial charge in [-0.15, -0.1) is 0 Å². The van der Waals surface area contributed by atoms with Crippen molar-refractivity contribution in [2.45, 2.75) is 33.8 Å². The van der Waals surface area contributed by atoms with E-state index in [-0.39, 0.29) is 12.0 Å². The number of benzene rings is 1. The van der Waals surface area contributed by atoms with Gasteiger partial charge in [0.2, 0.25) is 0 Å². The summed E-state index contributed by atoms with van der Waals surface area (Å²) in [4.78, 5) is 0. The van der Waals surface area contributed by atoms with Crippen LogP contribution in [0.2, 0.25) is 0 Å². The lowest BCUT2D eigenvalue weighted by atomic mass is 9.87. The van der Waals surface area contributed by atoms with E-state index in [4.69, 9.17) is 9.47 Å². The number of aliphatic hydroxyl groups is 1. The minimum absolute atomic E-state index is 0.0441. The fourth-order valence-electron chi connectivity index (χ4n) is 1.94. The monoisotopic (exact) mass is 238 g/mol. The second-order valence-corrected chi connectivity index (χ2v) is 5.39. The maximum Gasteiger partial charge on any atom is 0.166 e. The average molecular weight is 238 g/mol. The van der Waals surface area contributed by atoms with E-state index in [9.17, 15) is 5.11 Å². The normalized spacial score (nSPS) is 11.4. The fourth-order valence-corrected chi connectivity index (χ4v) is 1.94. The highest BCUT2D eigenvalue weighted by Crippen LogP contribution is 2.34. The number of rotatable bonds is 4. The molecule has 0 atom stereocenters. The van der Waals surface area contributed by atoms with Crippen LogP contribution in [0.5, 0.6) is 11.5 Å². The molecule has 3 heteroatoms. The lowest BCUT2D eigenvalue weighted by Gasteiger charge is -2.20. The number of ether oxygens (including phenoxy) is 2. The van der Waals surface area contributed by atoms with Crippen LogP contribution in [0, 0.1) is 5.41 Å². The summed E-state index contributed by atoms with van der Waals surface area (Å²) in [7, 11) is 3.19. The Morgan fingerprint density at radius 2 is 1.76 bits per heavy atom. The van der Waals surface area contributed by atoms with Crippen LogP contribution in [-0.2, 0) is 13.0 Å². The van der Waals surface area contributed by atoms with E-state index in [1.807, 2.05) is 12.1 Å². The molecule has 0 unspecified atom stereocenters. The van der Waals surface area contributed by atoms with Gasteiger partial charge in [-0.25, -0.2) is 0 Å². The van der Waals surface area contributed by atoms with Gasteiger partial charge in [0.15, 0.2) is 11.5 Å². The first kappa shape index (κ1) is 13.8. The molecule has 96 valence electrons. The van der Waals surface area contributed by atoms with Crippen LogP contribution in [-0.4, -0.2) is 19.3 Å². The summed E-state index contributed by atoms with van der Waals surface area (Å²) >= 11 is 0. The molecule has 0 aliphatic heterocycles. The Hall–Kier alpha value is -1.22. The van der Waals surface area contributed by atoms with E-state index in [0.717, 1.165) is 17.5 Å². The molecule has 1 aromatic carbocycles. The van der Waals surface area contributed by atoms with Crippen LogP contribution in [0.25, 0.3) is 0 Å². The molecule has 0 spiro atoms. The van der Waals surface area contributed by atoms with E-state index in [0.29, 0.717) is 11.5 Å². The van der Waals surface area contributed by atoms with Crippen LogP contribution in [0.15, 0.2) is 12.1 Å². The number of hydrogen-bond donors (Lipinski definition) is 1. The minimum Gasteiger partial charge on any atom is -0.493 e. The summed E-state index contributed by atoms with van der Waals surface area (Å²) in [6.07, 6.45) is 0.931. The minimum atomic E-state index is -0.0441. The highest BCUT2D eigenvalue weighted by molar-refractivity contribution is 5.49. The van der Waals surface area contributed by atoms with Crippen molar-refractivity contribution in [3.63, 3.8) is 0 Å². The van der Waals surface area contributed by atoms with Crippen molar-refractivity contribution in [1.29, 1.82) is 0 Å². The lowest BCUT2D eigenvalue weighted by molar-refractivity contribution is 0.269. The molecule has 0 fully saturated rings. The Balaban J connectivity index is 3.18. The Bertz CT molecular complexity index is 353. The topological polar surface area (TPSA) is 38.7 Å². The van der Waals surface area contributed by atoms with Crippen LogP contribution >= 0.6 is 0 Å². The van der Waals surface area contributed by atoms with E-state index in [1.165, 1.54) is 0 Å². The smallest absolute Gasteiger partial charge is 0.166 e. The van der Waals surface area contributed by atoms with Gasteiger partial charge in [-0.05, 0) is 29.5 Å². The Morgan fingerprint density at radius 3 is 2.18 bits per heavy atom. The molecular weight excluding hydrogens is 216 g/mol. The number of hydrogen-bond acceptors (Lipinski definition) is 3. The quantitative estimate of drug-likeness (QED) is 0.876. The second kappa shape index (κ2) is 5.41. The predicted octanol–water partition coefficient (Wildman–Crippen LogP) is 2.78. The van der Waals surface area contributed by atoms with Crippen molar-refractivity contribution in [2.75, 3.05) is 14.2 Å². The standard InChI is InChI=1S/C14H22O3/c1-14(2,3)8-10-6-11(9-15)13(17-5)12(7-10)16-4/h6-7,15H,8-9H2,1-5H3. The van der Waals surface area contributed by atoms with E-state index >= 15 is 0 Å². The molecule has 0 radical (unpaired) electrons. The van der Waals surface area contributed by atoms with E-state index < -0.39 is 0 Å². The molecule has 1 N–H and O–H groups in total.